The summed E-state index contributed by atoms with van der Waals surface area (Å²) in [6, 6.07) is 1.86. The summed E-state index contributed by atoms with van der Waals surface area (Å²) in [7, 11) is 0. The van der Waals surface area contributed by atoms with Crippen LogP contribution in [0.15, 0.2) is 10.7 Å². The van der Waals surface area contributed by atoms with E-state index in [1.54, 1.807) is 0 Å². The average Bonchev–Trinajstić information content (AvgIpc) is 2.27. The molecule has 2 atom stereocenters. The van der Waals surface area contributed by atoms with Gasteiger partial charge in [-0.3, -0.25) is 0 Å². The molecule has 0 aromatic carbocycles. The van der Waals surface area contributed by atoms with Crippen molar-refractivity contribution in [1.82, 2.24) is 9.97 Å². The molecular formula is C12H18BrN3O. The summed E-state index contributed by atoms with van der Waals surface area (Å²) >= 11 is 3.35. The monoisotopic (exact) mass is 299 g/mol. The van der Waals surface area contributed by atoms with Gasteiger partial charge in [0, 0.05) is 18.5 Å². The Labute approximate surface area is 110 Å². The van der Waals surface area contributed by atoms with Crippen LogP contribution in [-0.2, 0) is 0 Å². The highest BCUT2D eigenvalue weighted by molar-refractivity contribution is 9.10. The third-order valence-corrected chi connectivity index (χ3v) is 3.63. The van der Waals surface area contributed by atoms with Crippen LogP contribution in [0.2, 0.25) is 0 Å². The molecule has 0 radical (unpaired) electrons. The molecule has 94 valence electrons. The molecule has 1 aromatic rings. The van der Waals surface area contributed by atoms with Crippen LogP contribution in [0.4, 0.5) is 5.82 Å². The molecule has 17 heavy (non-hydrogen) atoms. The number of rotatable bonds is 3. The summed E-state index contributed by atoms with van der Waals surface area (Å²) in [4.78, 5) is 8.47. The van der Waals surface area contributed by atoms with Crippen molar-refractivity contribution in [1.29, 1.82) is 0 Å². The fourth-order valence-corrected chi connectivity index (χ4v) is 2.76. The number of aromatic nitrogens is 2. The zero-order valence-electron chi connectivity index (χ0n) is 9.99. The van der Waals surface area contributed by atoms with E-state index in [0.29, 0.717) is 5.92 Å². The summed E-state index contributed by atoms with van der Waals surface area (Å²) in [5.41, 5.74) is 0. The molecule has 1 aromatic heterocycles. The van der Waals surface area contributed by atoms with E-state index in [-0.39, 0.29) is 6.10 Å². The Bertz CT molecular complexity index is 366. The maximum atomic E-state index is 9.87. The van der Waals surface area contributed by atoms with Gasteiger partial charge in [-0.2, -0.15) is 0 Å². The molecule has 1 fully saturated rings. The van der Waals surface area contributed by atoms with Gasteiger partial charge in [0.05, 0.1) is 6.10 Å². The molecule has 1 aliphatic carbocycles. The molecule has 0 amide bonds. The number of aryl methyl sites for hydroxylation is 1. The van der Waals surface area contributed by atoms with Gasteiger partial charge in [-0.1, -0.05) is 12.8 Å². The van der Waals surface area contributed by atoms with E-state index in [1.165, 1.54) is 6.42 Å². The van der Waals surface area contributed by atoms with Gasteiger partial charge < -0.3 is 10.4 Å². The van der Waals surface area contributed by atoms with E-state index in [9.17, 15) is 5.11 Å². The van der Waals surface area contributed by atoms with E-state index in [0.717, 1.165) is 42.1 Å². The van der Waals surface area contributed by atoms with Crippen LogP contribution in [0.5, 0.6) is 0 Å². The molecule has 0 spiro atoms. The Hall–Kier alpha value is -0.680. The van der Waals surface area contributed by atoms with Gasteiger partial charge in [0.2, 0.25) is 0 Å². The molecular weight excluding hydrogens is 282 g/mol. The summed E-state index contributed by atoms with van der Waals surface area (Å²) in [6.07, 6.45) is 4.23. The minimum atomic E-state index is -0.164. The van der Waals surface area contributed by atoms with Crippen molar-refractivity contribution >= 4 is 21.7 Å². The number of nitrogens with one attached hydrogen (secondary N) is 1. The Kier molecular flexibility index (Phi) is 4.34. The van der Waals surface area contributed by atoms with Gasteiger partial charge >= 0.3 is 0 Å². The third kappa shape index (κ3) is 3.64. The lowest BCUT2D eigenvalue weighted by molar-refractivity contribution is 0.0763. The second-order valence-corrected chi connectivity index (χ2v) is 5.43. The van der Waals surface area contributed by atoms with Gasteiger partial charge in [0.25, 0.3) is 0 Å². The number of hydrogen-bond acceptors (Lipinski definition) is 4. The Balaban J connectivity index is 1.92. The first-order valence-corrected chi connectivity index (χ1v) is 6.87. The molecule has 2 unspecified atom stereocenters. The van der Waals surface area contributed by atoms with Gasteiger partial charge in [-0.15, -0.1) is 0 Å². The minimum absolute atomic E-state index is 0.164. The summed E-state index contributed by atoms with van der Waals surface area (Å²) < 4.78 is 0.789. The van der Waals surface area contributed by atoms with Crippen LogP contribution in [0, 0.1) is 12.8 Å². The van der Waals surface area contributed by atoms with Crippen LogP contribution >= 0.6 is 15.9 Å². The normalized spacial score (nSPS) is 24.6. The zero-order valence-corrected chi connectivity index (χ0v) is 11.6. The minimum Gasteiger partial charge on any atom is -0.393 e. The quantitative estimate of drug-likeness (QED) is 0.842. The van der Waals surface area contributed by atoms with Crippen molar-refractivity contribution in [3.05, 3.63) is 16.5 Å². The maximum Gasteiger partial charge on any atom is 0.130 e. The average molecular weight is 300 g/mol. The number of halogens is 1. The van der Waals surface area contributed by atoms with Crippen molar-refractivity contribution in [2.75, 3.05) is 11.9 Å². The number of nitrogens with zero attached hydrogens (tertiary/aromatic N) is 2. The third-order valence-electron chi connectivity index (χ3n) is 3.22. The molecule has 2 N–H and O–H groups in total. The lowest BCUT2D eigenvalue weighted by Crippen LogP contribution is -2.30. The van der Waals surface area contributed by atoms with Gasteiger partial charge in [-0.25, -0.2) is 9.97 Å². The first-order valence-electron chi connectivity index (χ1n) is 6.08. The number of anilines is 1. The van der Waals surface area contributed by atoms with Crippen molar-refractivity contribution in [3.8, 4) is 0 Å². The van der Waals surface area contributed by atoms with Crippen molar-refractivity contribution in [2.24, 2.45) is 5.92 Å². The Morgan fingerprint density at radius 2 is 2.18 bits per heavy atom. The zero-order chi connectivity index (χ0) is 12.3. The van der Waals surface area contributed by atoms with E-state index in [4.69, 9.17) is 0 Å². The highest BCUT2D eigenvalue weighted by atomic mass is 79.9. The largest absolute Gasteiger partial charge is 0.393 e. The van der Waals surface area contributed by atoms with Crippen LogP contribution in [0.25, 0.3) is 0 Å². The summed E-state index contributed by atoms with van der Waals surface area (Å²) in [6.45, 7) is 2.65. The van der Waals surface area contributed by atoms with Crippen LogP contribution < -0.4 is 5.32 Å². The molecule has 0 saturated heterocycles. The summed E-state index contributed by atoms with van der Waals surface area (Å²) in [5.74, 6) is 1.91. The number of aliphatic hydroxyl groups excluding tert-OH is 1. The fraction of sp³-hybridized carbons (Fsp3) is 0.667. The van der Waals surface area contributed by atoms with E-state index >= 15 is 0 Å². The number of hydrogen-bond donors (Lipinski definition) is 2. The molecule has 0 bridgehead atoms. The molecule has 2 rings (SSSR count). The second kappa shape index (κ2) is 5.78. The molecule has 1 aliphatic rings. The molecule has 4 nitrogen and oxygen atoms in total. The highest BCUT2D eigenvalue weighted by Gasteiger charge is 2.22. The van der Waals surface area contributed by atoms with E-state index in [1.807, 2.05) is 13.0 Å². The topological polar surface area (TPSA) is 58.0 Å². The van der Waals surface area contributed by atoms with Gasteiger partial charge in [0.1, 0.15) is 16.2 Å². The van der Waals surface area contributed by atoms with Crippen molar-refractivity contribution in [3.63, 3.8) is 0 Å². The fourth-order valence-electron chi connectivity index (χ4n) is 2.28. The first-order chi connectivity index (χ1) is 8.15. The van der Waals surface area contributed by atoms with E-state index < -0.39 is 0 Å². The second-order valence-electron chi connectivity index (χ2n) is 4.62. The van der Waals surface area contributed by atoms with Crippen LogP contribution in [0.1, 0.15) is 31.5 Å². The lowest BCUT2D eigenvalue weighted by Gasteiger charge is -2.27. The standard InChI is InChI=1S/C12H18BrN3O/c1-8-15-11(13)6-12(16-8)14-7-9-4-2-3-5-10(9)17/h6,9-10,17H,2-5,7H2,1H3,(H,14,15,16). The molecule has 1 saturated carbocycles. The first kappa shape index (κ1) is 12.8. The van der Waals surface area contributed by atoms with Crippen molar-refractivity contribution in [2.45, 2.75) is 38.7 Å². The molecule has 5 heteroatoms. The SMILES string of the molecule is Cc1nc(Br)cc(NCC2CCCCC2O)n1. The number of aliphatic hydroxyl groups is 1. The van der Waals surface area contributed by atoms with Crippen molar-refractivity contribution < 1.29 is 5.11 Å². The van der Waals surface area contributed by atoms with Crippen LogP contribution in [0.3, 0.4) is 0 Å². The smallest absolute Gasteiger partial charge is 0.130 e. The maximum absolute atomic E-state index is 9.87. The van der Waals surface area contributed by atoms with Gasteiger partial charge in [-0.05, 0) is 35.7 Å². The predicted molar refractivity (Wildman–Crippen MR) is 70.9 cm³/mol. The molecule has 0 aliphatic heterocycles. The van der Waals surface area contributed by atoms with Gasteiger partial charge in [0.15, 0.2) is 0 Å². The van der Waals surface area contributed by atoms with Crippen LogP contribution in [-0.4, -0.2) is 27.7 Å². The summed E-state index contributed by atoms with van der Waals surface area (Å²) in [5, 5.41) is 13.2. The Morgan fingerprint density at radius 3 is 2.88 bits per heavy atom. The lowest BCUT2D eigenvalue weighted by atomic mass is 9.86. The predicted octanol–water partition coefficient (Wildman–Crippen LogP) is 2.51. The van der Waals surface area contributed by atoms with E-state index in [2.05, 4.69) is 31.2 Å². The molecule has 1 heterocycles. The highest BCUT2D eigenvalue weighted by Crippen LogP contribution is 2.24. The Morgan fingerprint density at radius 1 is 1.41 bits per heavy atom.